The molecule has 0 aliphatic carbocycles. The van der Waals surface area contributed by atoms with Crippen LogP contribution >= 0.6 is 0 Å². The summed E-state index contributed by atoms with van der Waals surface area (Å²) in [5.74, 6) is -2.55. The van der Waals surface area contributed by atoms with Crippen LogP contribution in [0.4, 0.5) is 0 Å². The molecule has 12 nitrogen and oxygen atoms in total. The van der Waals surface area contributed by atoms with Gasteiger partial charge >= 0.3 is 5.97 Å². The molecule has 2 heterocycles. The molecule has 4 unspecified atom stereocenters. The maximum absolute atomic E-state index is 13.7. The molecular weight excluding hydrogens is 552 g/mol. The summed E-state index contributed by atoms with van der Waals surface area (Å²) in [7, 11) is 0. The van der Waals surface area contributed by atoms with Crippen LogP contribution in [0.1, 0.15) is 43.2 Å². The minimum atomic E-state index is -1.19. The van der Waals surface area contributed by atoms with Crippen molar-refractivity contribution in [1.29, 1.82) is 0 Å². The number of aromatic amines is 1. The molecule has 1 fully saturated rings. The van der Waals surface area contributed by atoms with Crippen molar-refractivity contribution in [2.45, 2.75) is 69.1 Å². The molecule has 0 bridgehead atoms. The number of carbonyl (C=O) groups excluding carboxylic acids is 3. The van der Waals surface area contributed by atoms with E-state index in [-0.39, 0.29) is 18.6 Å². The molecule has 1 aromatic heterocycles. The number of rotatable bonds is 14. The molecule has 1 aliphatic rings. The second-order valence-electron chi connectivity index (χ2n) is 11.0. The number of phenolic OH excluding ortho intramolecular Hbond substituents is 1. The van der Waals surface area contributed by atoms with Crippen LogP contribution in [0.3, 0.4) is 0 Å². The summed E-state index contributed by atoms with van der Waals surface area (Å²) >= 11 is 0. The van der Waals surface area contributed by atoms with Crippen molar-refractivity contribution in [2.24, 2.45) is 11.5 Å². The smallest absolute Gasteiger partial charge is 0.326 e. The number of nitrogens with zero attached hydrogens (tertiary/aromatic N) is 1. The molecule has 1 aliphatic heterocycles. The first-order valence-electron chi connectivity index (χ1n) is 14.6. The minimum Gasteiger partial charge on any atom is -0.508 e. The van der Waals surface area contributed by atoms with E-state index in [0.29, 0.717) is 45.2 Å². The lowest BCUT2D eigenvalue weighted by molar-refractivity contribution is -0.145. The molecule has 4 rings (SSSR count). The lowest BCUT2D eigenvalue weighted by Gasteiger charge is -2.30. The van der Waals surface area contributed by atoms with Gasteiger partial charge in [-0.2, -0.15) is 0 Å². The predicted octanol–water partition coefficient (Wildman–Crippen LogP) is 1.16. The Balaban J connectivity index is 1.43. The van der Waals surface area contributed by atoms with Crippen molar-refractivity contribution >= 4 is 34.6 Å². The molecule has 3 aromatic rings. The monoisotopic (exact) mass is 592 g/mol. The van der Waals surface area contributed by atoms with Gasteiger partial charge in [-0.25, -0.2) is 4.79 Å². The Morgan fingerprint density at radius 3 is 2.47 bits per heavy atom. The van der Waals surface area contributed by atoms with E-state index in [2.05, 4.69) is 15.6 Å². The van der Waals surface area contributed by atoms with E-state index in [0.717, 1.165) is 22.0 Å². The summed E-state index contributed by atoms with van der Waals surface area (Å²) in [4.78, 5) is 56.8. The number of aromatic hydroxyl groups is 1. The number of carboxylic acids is 1. The number of hydrogen-bond donors (Lipinski definition) is 7. The van der Waals surface area contributed by atoms with Gasteiger partial charge in [0.1, 0.15) is 23.9 Å². The van der Waals surface area contributed by atoms with Gasteiger partial charge in [0.2, 0.25) is 17.7 Å². The first-order chi connectivity index (χ1) is 20.7. The number of carboxylic acid groups (broad SMARTS) is 1. The first-order valence-corrected chi connectivity index (χ1v) is 14.6. The van der Waals surface area contributed by atoms with Gasteiger partial charge in [-0.1, -0.05) is 30.3 Å². The fourth-order valence-electron chi connectivity index (χ4n) is 5.50. The second-order valence-corrected chi connectivity index (χ2v) is 11.0. The number of nitrogens with one attached hydrogen (secondary N) is 3. The van der Waals surface area contributed by atoms with Crippen molar-refractivity contribution in [3.63, 3.8) is 0 Å². The number of benzene rings is 2. The Morgan fingerprint density at radius 2 is 1.74 bits per heavy atom. The van der Waals surface area contributed by atoms with Crippen molar-refractivity contribution in [3.05, 3.63) is 65.9 Å². The van der Waals surface area contributed by atoms with Gasteiger partial charge < -0.3 is 42.2 Å². The number of hydrogen-bond acceptors (Lipinski definition) is 7. The van der Waals surface area contributed by atoms with E-state index in [1.165, 1.54) is 17.0 Å². The molecule has 230 valence electrons. The van der Waals surface area contributed by atoms with Crippen LogP contribution < -0.4 is 22.1 Å². The third-order valence-electron chi connectivity index (χ3n) is 7.84. The zero-order chi connectivity index (χ0) is 30.9. The molecular formula is C31H40N6O6. The van der Waals surface area contributed by atoms with Crippen molar-refractivity contribution < 1.29 is 29.4 Å². The van der Waals surface area contributed by atoms with E-state index < -0.39 is 47.9 Å². The van der Waals surface area contributed by atoms with E-state index >= 15 is 0 Å². The third-order valence-corrected chi connectivity index (χ3v) is 7.84. The topological polar surface area (TPSA) is 204 Å². The highest BCUT2D eigenvalue weighted by Gasteiger charge is 2.39. The van der Waals surface area contributed by atoms with Gasteiger partial charge in [-0.3, -0.25) is 14.4 Å². The highest BCUT2D eigenvalue weighted by Crippen LogP contribution is 2.22. The highest BCUT2D eigenvalue weighted by atomic mass is 16.4. The molecule has 4 atom stereocenters. The lowest BCUT2D eigenvalue weighted by atomic mass is 10.0. The third kappa shape index (κ3) is 8.11. The largest absolute Gasteiger partial charge is 0.508 e. The summed E-state index contributed by atoms with van der Waals surface area (Å²) < 4.78 is 0. The molecule has 9 N–H and O–H groups in total. The summed E-state index contributed by atoms with van der Waals surface area (Å²) in [6.45, 7) is 0.733. The SMILES string of the molecule is NCCCCC(NC(=O)C(N)Cc1ccc(O)cc1)C(=O)N1CCCC1C(=O)NC(Cc1c[nH]c2ccccc12)C(=O)O. The number of fused-ring (bicyclic) bond motifs is 1. The van der Waals surface area contributed by atoms with Gasteiger partial charge in [0.05, 0.1) is 6.04 Å². The Kier molecular flexibility index (Phi) is 10.7. The van der Waals surface area contributed by atoms with E-state index in [9.17, 15) is 29.4 Å². The molecule has 2 aromatic carbocycles. The average Bonchev–Trinajstić information content (AvgIpc) is 3.65. The number of likely N-dealkylation sites (tertiary alicyclic amines) is 1. The van der Waals surface area contributed by atoms with Crippen molar-refractivity contribution in [2.75, 3.05) is 13.1 Å². The van der Waals surface area contributed by atoms with E-state index in [1.54, 1.807) is 18.3 Å². The molecule has 1 saturated heterocycles. The van der Waals surface area contributed by atoms with Crippen LogP contribution in [0.5, 0.6) is 5.75 Å². The van der Waals surface area contributed by atoms with Gasteiger partial charge in [-0.15, -0.1) is 0 Å². The van der Waals surface area contributed by atoms with Crippen LogP contribution in [0, 0.1) is 0 Å². The summed E-state index contributed by atoms with van der Waals surface area (Å²) in [5.41, 5.74) is 14.2. The van der Waals surface area contributed by atoms with Crippen molar-refractivity contribution in [1.82, 2.24) is 20.5 Å². The lowest BCUT2D eigenvalue weighted by Crippen LogP contribution is -2.57. The van der Waals surface area contributed by atoms with Crippen LogP contribution in [0.25, 0.3) is 10.9 Å². The van der Waals surface area contributed by atoms with Crippen LogP contribution in [0.15, 0.2) is 54.7 Å². The molecule has 0 saturated carbocycles. The van der Waals surface area contributed by atoms with Crippen LogP contribution in [0.2, 0.25) is 0 Å². The standard InChI is InChI=1S/C31H40N6O6/c32-14-4-3-8-25(35-28(39)23(33)16-19-10-12-21(38)13-11-19)30(41)37-15-5-9-27(37)29(40)36-26(31(42)43)17-20-18-34-24-7-2-1-6-22(20)24/h1-2,6-7,10-13,18,23,25-27,34,38H,3-5,8-9,14-17,32-33H2,(H,35,39)(H,36,40)(H,42,43). The molecule has 0 radical (unpaired) electrons. The highest BCUT2D eigenvalue weighted by molar-refractivity contribution is 5.95. The average molecular weight is 593 g/mol. The number of aromatic nitrogens is 1. The Hall–Kier alpha value is -4.42. The zero-order valence-corrected chi connectivity index (χ0v) is 24.0. The van der Waals surface area contributed by atoms with E-state index in [4.69, 9.17) is 11.5 Å². The number of amides is 3. The Labute approximate surface area is 249 Å². The number of carbonyl (C=O) groups is 4. The minimum absolute atomic E-state index is 0.0719. The summed E-state index contributed by atoms with van der Waals surface area (Å²) in [5, 5.41) is 25.7. The van der Waals surface area contributed by atoms with E-state index in [1.807, 2.05) is 24.3 Å². The zero-order valence-electron chi connectivity index (χ0n) is 24.0. The Bertz CT molecular complexity index is 1420. The molecule has 0 spiro atoms. The van der Waals surface area contributed by atoms with Gasteiger partial charge in [-0.05, 0) is 74.4 Å². The van der Waals surface area contributed by atoms with Crippen LogP contribution in [-0.2, 0) is 32.0 Å². The van der Waals surface area contributed by atoms with Crippen LogP contribution in [-0.4, -0.2) is 81.0 Å². The first kappa shape index (κ1) is 31.5. The predicted molar refractivity (Wildman–Crippen MR) is 161 cm³/mol. The maximum atomic E-state index is 13.7. The van der Waals surface area contributed by atoms with Gasteiger partial charge in [0.25, 0.3) is 0 Å². The molecule has 3 amide bonds. The van der Waals surface area contributed by atoms with Crippen molar-refractivity contribution in [3.8, 4) is 5.75 Å². The summed E-state index contributed by atoms with van der Waals surface area (Å²) in [6.07, 6.45) is 4.50. The number of aliphatic carboxylic acids is 1. The number of unbranched alkanes of at least 4 members (excludes halogenated alkanes) is 1. The summed E-state index contributed by atoms with van der Waals surface area (Å²) in [6, 6.07) is 9.95. The quantitative estimate of drug-likeness (QED) is 0.135. The number of nitrogens with two attached hydrogens (primary N) is 2. The second kappa shape index (κ2) is 14.7. The molecule has 12 heteroatoms. The number of phenols is 1. The fraction of sp³-hybridized carbons (Fsp3) is 0.419. The normalized spacial score (nSPS) is 16.9. The van der Waals surface area contributed by atoms with Gasteiger partial charge in [0.15, 0.2) is 0 Å². The molecule has 43 heavy (non-hydrogen) atoms. The number of H-pyrrole nitrogens is 1. The van der Waals surface area contributed by atoms with Gasteiger partial charge in [0, 0.05) is 30.1 Å². The number of para-hydroxylation sites is 1. The maximum Gasteiger partial charge on any atom is 0.326 e. The fourth-order valence-corrected chi connectivity index (χ4v) is 5.50. The Morgan fingerprint density at radius 1 is 1.00 bits per heavy atom.